The lowest BCUT2D eigenvalue weighted by molar-refractivity contribution is 1.03. The molecule has 4 nitrogen and oxygen atoms in total. The van der Waals surface area contributed by atoms with Gasteiger partial charge in [-0.1, -0.05) is 5.47 Å². The fourth-order valence-corrected chi connectivity index (χ4v) is 1.04. The van der Waals surface area contributed by atoms with E-state index >= 15 is 0 Å². The van der Waals surface area contributed by atoms with E-state index in [9.17, 15) is 0 Å². The van der Waals surface area contributed by atoms with Crippen molar-refractivity contribution >= 4 is 25.0 Å². The van der Waals surface area contributed by atoms with Crippen molar-refractivity contribution in [1.29, 1.82) is 0 Å². The van der Waals surface area contributed by atoms with Crippen LogP contribution in [-0.2, 0) is 0 Å². The third-order valence-corrected chi connectivity index (χ3v) is 1.60. The van der Waals surface area contributed by atoms with E-state index in [1.165, 1.54) is 6.33 Å². The molecule has 0 amide bonds. The molecule has 13 heavy (non-hydrogen) atoms. The van der Waals surface area contributed by atoms with Gasteiger partial charge in [-0.15, -0.1) is 6.58 Å². The van der Waals surface area contributed by atoms with Gasteiger partial charge in [0, 0.05) is 14.1 Å². The molecule has 0 aliphatic rings. The summed E-state index contributed by atoms with van der Waals surface area (Å²) in [6, 6.07) is 0. The molecule has 0 atom stereocenters. The van der Waals surface area contributed by atoms with E-state index in [0.29, 0.717) is 22.7 Å². The van der Waals surface area contributed by atoms with E-state index in [-0.39, 0.29) is 0 Å². The molecule has 0 aliphatic heterocycles. The second kappa shape index (κ2) is 3.47. The molecule has 0 aliphatic carbocycles. The van der Waals surface area contributed by atoms with Gasteiger partial charge < -0.3 is 10.6 Å². The van der Waals surface area contributed by atoms with Gasteiger partial charge in [-0.25, -0.2) is 9.97 Å². The zero-order valence-electron chi connectivity index (χ0n) is 7.78. The minimum absolute atomic E-state index is 0.353. The summed E-state index contributed by atoms with van der Waals surface area (Å²) in [7, 11) is 9.28. The number of nitrogens with two attached hydrogens (primary N) is 1. The number of rotatable bonds is 2. The van der Waals surface area contributed by atoms with Gasteiger partial charge in [-0.05, 0) is 0 Å². The second-order valence-corrected chi connectivity index (χ2v) is 2.88. The van der Waals surface area contributed by atoms with Gasteiger partial charge in [-0.3, -0.25) is 0 Å². The number of nitrogens with zero attached hydrogens (tertiary/aromatic N) is 3. The van der Waals surface area contributed by atoms with Crippen LogP contribution in [0.1, 0.15) is 5.56 Å². The Morgan fingerprint density at radius 3 is 2.54 bits per heavy atom. The van der Waals surface area contributed by atoms with E-state index in [1.54, 1.807) is 0 Å². The van der Waals surface area contributed by atoms with Crippen molar-refractivity contribution in [2.24, 2.45) is 0 Å². The van der Waals surface area contributed by atoms with E-state index in [2.05, 4.69) is 16.5 Å². The number of hydrogen-bond donors (Lipinski definition) is 1. The van der Waals surface area contributed by atoms with Crippen LogP contribution in [0.2, 0.25) is 0 Å². The maximum atomic E-state index is 5.64. The zero-order chi connectivity index (χ0) is 10.0. The van der Waals surface area contributed by atoms with Gasteiger partial charge in [0.1, 0.15) is 25.8 Å². The fraction of sp³-hybridized carbons (Fsp3) is 0.250. The molecule has 1 aromatic rings. The summed E-state index contributed by atoms with van der Waals surface area (Å²) in [5.74, 6) is 1.03. The number of hydrogen-bond acceptors (Lipinski definition) is 4. The summed E-state index contributed by atoms with van der Waals surface area (Å²) < 4.78 is 0. The van der Waals surface area contributed by atoms with Crippen LogP contribution in [0.5, 0.6) is 0 Å². The maximum absolute atomic E-state index is 5.64. The molecule has 0 spiro atoms. The Labute approximate surface area is 78.9 Å². The second-order valence-electron chi connectivity index (χ2n) is 2.88. The van der Waals surface area contributed by atoms with Gasteiger partial charge >= 0.3 is 0 Å². The third kappa shape index (κ3) is 1.80. The van der Waals surface area contributed by atoms with Crippen molar-refractivity contribution in [3.63, 3.8) is 0 Å². The first-order valence-corrected chi connectivity index (χ1v) is 3.76. The molecule has 2 N–H and O–H groups in total. The topological polar surface area (TPSA) is 55.0 Å². The minimum Gasteiger partial charge on any atom is -0.383 e. The quantitative estimate of drug-likeness (QED) is 0.653. The van der Waals surface area contributed by atoms with Crippen LogP contribution in [0, 0.1) is 0 Å². The molecule has 1 aromatic heterocycles. The van der Waals surface area contributed by atoms with Gasteiger partial charge in [-0.2, -0.15) is 0 Å². The normalized spacial score (nSPS) is 9.69. The Bertz CT molecular complexity index is 335. The molecule has 0 saturated heterocycles. The van der Waals surface area contributed by atoms with Crippen molar-refractivity contribution in [3.05, 3.63) is 18.5 Å². The summed E-state index contributed by atoms with van der Waals surface area (Å²) in [4.78, 5) is 9.71. The number of nitrogen functional groups attached to an aromatic ring is 1. The predicted molar refractivity (Wildman–Crippen MR) is 55.6 cm³/mol. The minimum atomic E-state index is 0.353. The highest BCUT2D eigenvalue weighted by molar-refractivity contribution is 6.43. The van der Waals surface area contributed by atoms with E-state index in [0.717, 1.165) is 0 Å². The van der Waals surface area contributed by atoms with Crippen molar-refractivity contribution < 1.29 is 0 Å². The van der Waals surface area contributed by atoms with E-state index in [1.807, 2.05) is 19.0 Å². The third-order valence-electron chi connectivity index (χ3n) is 1.60. The summed E-state index contributed by atoms with van der Waals surface area (Å²) in [5, 5.41) is 0. The SMILES string of the molecule is [B]C(=C)c1c(N)ncnc1N(C)C. The Hall–Kier alpha value is -1.52. The smallest absolute Gasteiger partial charge is 0.140 e. The molecule has 5 heteroatoms. The molecular weight excluding hydrogens is 163 g/mol. The summed E-state index contributed by atoms with van der Waals surface area (Å²) >= 11 is 0. The lowest BCUT2D eigenvalue weighted by Crippen LogP contribution is -2.15. The molecule has 66 valence electrons. The molecule has 0 fully saturated rings. The monoisotopic (exact) mass is 174 g/mol. The van der Waals surface area contributed by atoms with Gasteiger partial charge in [0.25, 0.3) is 0 Å². The van der Waals surface area contributed by atoms with Crippen LogP contribution in [-0.4, -0.2) is 31.9 Å². The first-order valence-electron chi connectivity index (χ1n) is 3.76. The average Bonchev–Trinajstić information content (AvgIpc) is 2.02. The van der Waals surface area contributed by atoms with Gasteiger partial charge in [0.05, 0.1) is 5.56 Å². The van der Waals surface area contributed by atoms with Gasteiger partial charge in [0.2, 0.25) is 0 Å². The lowest BCUT2D eigenvalue weighted by Gasteiger charge is -2.16. The van der Waals surface area contributed by atoms with Crippen LogP contribution in [0.3, 0.4) is 0 Å². The molecule has 1 heterocycles. The highest BCUT2D eigenvalue weighted by Crippen LogP contribution is 2.24. The molecule has 0 bridgehead atoms. The Morgan fingerprint density at radius 2 is 2.15 bits per heavy atom. The van der Waals surface area contributed by atoms with Crippen LogP contribution in [0.15, 0.2) is 12.9 Å². The summed E-state index contributed by atoms with van der Waals surface area (Å²) in [6.07, 6.45) is 1.40. The Morgan fingerprint density at radius 1 is 1.54 bits per heavy atom. The largest absolute Gasteiger partial charge is 0.383 e. The Balaban J connectivity index is 3.34. The Kier molecular flexibility index (Phi) is 2.56. The lowest BCUT2D eigenvalue weighted by atomic mass is 9.90. The standard InChI is InChI=1S/C8H11BN4/c1-5(9)6-7(10)11-4-12-8(6)13(2)3/h4H,1H2,2-3H3,(H2,10,11,12). The van der Waals surface area contributed by atoms with Crippen LogP contribution in [0.4, 0.5) is 11.6 Å². The van der Waals surface area contributed by atoms with Crippen molar-refractivity contribution in [2.75, 3.05) is 24.7 Å². The van der Waals surface area contributed by atoms with Gasteiger partial charge in [0.15, 0.2) is 0 Å². The molecule has 1 rings (SSSR count). The summed E-state index contributed by atoms with van der Waals surface area (Å²) in [5.41, 5.74) is 6.62. The maximum Gasteiger partial charge on any atom is 0.140 e. The van der Waals surface area contributed by atoms with Crippen LogP contribution >= 0.6 is 0 Å². The average molecular weight is 174 g/mol. The highest BCUT2D eigenvalue weighted by Gasteiger charge is 2.10. The highest BCUT2D eigenvalue weighted by atomic mass is 15.2. The fourth-order valence-electron chi connectivity index (χ4n) is 1.04. The molecule has 0 aromatic carbocycles. The van der Waals surface area contributed by atoms with Crippen molar-refractivity contribution in [1.82, 2.24) is 9.97 Å². The number of aromatic nitrogens is 2. The van der Waals surface area contributed by atoms with Crippen molar-refractivity contribution in [2.45, 2.75) is 0 Å². The van der Waals surface area contributed by atoms with E-state index < -0.39 is 0 Å². The number of anilines is 2. The molecule has 0 unspecified atom stereocenters. The molecular formula is C8H11BN4. The van der Waals surface area contributed by atoms with E-state index in [4.69, 9.17) is 13.6 Å². The van der Waals surface area contributed by atoms with Crippen LogP contribution in [0.25, 0.3) is 5.47 Å². The predicted octanol–water partition coefficient (Wildman–Crippen LogP) is 0.264. The molecule has 0 saturated carbocycles. The molecule has 2 radical (unpaired) electrons. The first kappa shape index (κ1) is 9.57. The first-order chi connectivity index (χ1) is 6.04. The van der Waals surface area contributed by atoms with Crippen LogP contribution < -0.4 is 10.6 Å². The summed E-state index contributed by atoms with van der Waals surface area (Å²) in [6.45, 7) is 3.62. The zero-order valence-corrected chi connectivity index (χ0v) is 7.78. The van der Waals surface area contributed by atoms with Crippen molar-refractivity contribution in [3.8, 4) is 0 Å².